The number of hydrogen-bond acceptors (Lipinski definition) is 2. The molecule has 1 amide bonds. The van der Waals surface area contributed by atoms with Gasteiger partial charge in [-0.2, -0.15) is 0 Å². The maximum atomic E-state index is 11.5. The molecule has 0 aliphatic heterocycles. The molecule has 0 heterocycles. The van der Waals surface area contributed by atoms with Crippen molar-refractivity contribution in [3.8, 4) is 0 Å². The molecule has 2 N–H and O–H groups in total. The topological polar surface area (TPSA) is 49.3 Å². The number of aliphatic hydroxyl groups excluding tert-OH is 1. The molecule has 1 aliphatic carbocycles. The maximum absolute atomic E-state index is 11.5. The van der Waals surface area contributed by atoms with Gasteiger partial charge in [-0.05, 0) is 33.1 Å². The van der Waals surface area contributed by atoms with Gasteiger partial charge in [0.15, 0.2) is 0 Å². The fourth-order valence-corrected chi connectivity index (χ4v) is 1.20. The summed E-state index contributed by atoms with van der Waals surface area (Å²) < 4.78 is 0. The van der Waals surface area contributed by atoms with E-state index in [0.717, 1.165) is 6.42 Å². The third kappa shape index (κ3) is 2.44. The SMILES string of the molecule is CC1CC1C(=O)NC(C)(C)C(C)O. The van der Waals surface area contributed by atoms with Crippen LogP contribution in [0, 0.1) is 11.8 Å². The molecule has 1 saturated carbocycles. The quantitative estimate of drug-likeness (QED) is 0.687. The van der Waals surface area contributed by atoms with Crippen molar-refractivity contribution >= 4 is 5.91 Å². The fourth-order valence-electron chi connectivity index (χ4n) is 1.20. The molecule has 3 unspecified atom stereocenters. The van der Waals surface area contributed by atoms with Crippen molar-refractivity contribution in [1.82, 2.24) is 5.32 Å². The smallest absolute Gasteiger partial charge is 0.223 e. The highest BCUT2D eigenvalue weighted by atomic mass is 16.3. The first-order chi connectivity index (χ1) is 5.84. The summed E-state index contributed by atoms with van der Waals surface area (Å²) in [4.78, 5) is 11.5. The van der Waals surface area contributed by atoms with Crippen molar-refractivity contribution < 1.29 is 9.90 Å². The number of carbonyl (C=O) groups excluding carboxylic acids is 1. The Morgan fingerprint density at radius 1 is 1.62 bits per heavy atom. The van der Waals surface area contributed by atoms with Crippen LogP contribution < -0.4 is 5.32 Å². The molecule has 0 bridgehead atoms. The first-order valence-corrected chi connectivity index (χ1v) is 4.84. The summed E-state index contributed by atoms with van der Waals surface area (Å²) in [6.07, 6.45) is 0.465. The highest BCUT2D eigenvalue weighted by molar-refractivity contribution is 5.82. The molecule has 0 aromatic heterocycles. The Bertz CT molecular complexity index is 211. The van der Waals surface area contributed by atoms with Gasteiger partial charge >= 0.3 is 0 Å². The van der Waals surface area contributed by atoms with Gasteiger partial charge in [0, 0.05) is 5.92 Å². The maximum Gasteiger partial charge on any atom is 0.223 e. The van der Waals surface area contributed by atoms with Crippen LogP contribution in [0.2, 0.25) is 0 Å². The zero-order valence-electron chi connectivity index (χ0n) is 8.79. The van der Waals surface area contributed by atoms with Gasteiger partial charge in [-0.15, -0.1) is 0 Å². The first kappa shape index (κ1) is 10.5. The van der Waals surface area contributed by atoms with Crippen molar-refractivity contribution in [3.63, 3.8) is 0 Å². The highest BCUT2D eigenvalue weighted by Crippen LogP contribution is 2.38. The van der Waals surface area contributed by atoms with Gasteiger partial charge in [-0.25, -0.2) is 0 Å². The summed E-state index contributed by atoms with van der Waals surface area (Å²) in [7, 11) is 0. The van der Waals surface area contributed by atoms with E-state index in [1.165, 1.54) is 0 Å². The zero-order valence-corrected chi connectivity index (χ0v) is 8.79. The molecular formula is C10H19NO2. The van der Waals surface area contributed by atoms with Gasteiger partial charge in [-0.3, -0.25) is 4.79 Å². The molecule has 0 radical (unpaired) electrons. The number of aliphatic hydroxyl groups is 1. The Labute approximate surface area is 79.5 Å². The Morgan fingerprint density at radius 3 is 2.38 bits per heavy atom. The lowest BCUT2D eigenvalue weighted by Crippen LogP contribution is -2.51. The second-order valence-corrected chi connectivity index (χ2v) is 4.71. The predicted molar refractivity (Wildman–Crippen MR) is 51.2 cm³/mol. The van der Waals surface area contributed by atoms with Crippen LogP contribution in [-0.2, 0) is 4.79 Å². The minimum absolute atomic E-state index is 0.0819. The zero-order chi connectivity index (χ0) is 10.2. The predicted octanol–water partition coefficient (Wildman–Crippen LogP) is 0.918. The summed E-state index contributed by atoms with van der Waals surface area (Å²) in [5.41, 5.74) is -0.514. The fraction of sp³-hybridized carbons (Fsp3) is 0.900. The number of rotatable bonds is 3. The van der Waals surface area contributed by atoms with Crippen LogP contribution >= 0.6 is 0 Å². The molecule has 1 rings (SSSR count). The number of nitrogens with one attached hydrogen (secondary N) is 1. The third-order valence-corrected chi connectivity index (χ3v) is 2.94. The summed E-state index contributed by atoms with van der Waals surface area (Å²) in [5, 5.41) is 12.2. The van der Waals surface area contributed by atoms with E-state index < -0.39 is 11.6 Å². The lowest BCUT2D eigenvalue weighted by molar-refractivity contribution is -0.125. The van der Waals surface area contributed by atoms with Crippen LogP contribution in [-0.4, -0.2) is 22.7 Å². The Morgan fingerprint density at radius 2 is 2.08 bits per heavy atom. The van der Waals surface area contributed by atoms with Crippen LogP contribution in [0.15, 0.2) is 0 Å². The molecule has 0 aromatic carbocycles. The average Bonchev–Trinajstić information content (AvgIpc) is 2.65. The first-order valence-electron chi connectivity index (χ1n) is 4.84. The number of hydrogen-bond donors (Lipinski definition) is 2. The Hall–Kier alpha value is -0.570. The lowest BCUT2D eigenvalue weighted by atomic mass is 9.98. The van der Waals surface area contributed by atoms with E-state index in [2.05, 4.69) is 12.2 Å². The van der Waals surface area contributed by atoms with Gasteiger partial charge in [0.1, 0.15) is 0 Å². The minimum Gasteiger partial charge on any atom is -0.391 e. The second kappa shape index (κ2) is 3.29. The van der Waals surface area contributed by atoms with E-state index in [4.69, 9.17) is 0 Å². The van der Waals surface area contributed by atoms with Gasteiger partial charge in [-0.1, -0.05) is 6.92 Å². The van der Waals surface area contributed by atoms with E-state index in [1.807, 2.05) is 13.8 Å². The van der Waals surface area contributed by atoms with Gasteiger partial charge in [0.05, 0.1) is 11.6 Å². The summed E-state index contributed by atoms with van der Waals surface area (Å²) in [6, 6.07) is 0. The van der Waals surface area contributed by atoms with E-state index in [-0.39, 0.29) is 11.8 Å². The molecule has 3 heteroatoms. The van der Waals surface area contributed by atoms with Crippen molar-refractivity contribution in [3.05, 3.63) is 0 Å². The van der Waals surface area contributed by atoms with E-state index in [0.29, 0.717) is 5.92 Å². The van der Waals surface area contributed by atoms with E-state index in [1.54, 1.807) is 6.92 Å². The largest absolute Gasteiger partial charge is 0.391 e. The Kier molecular flexibility index (Phi) is 2.66. The van der Waals surface area contributed by atoms with Crippen molar-refractivity contribution in [2.75, 3.05) is 0 Å². The summed E-state index contributed by atoms with van der Waals surface area (Å²) in [5.74, 6) is 0.779. The molecule has 0 aromatic rings. The number of carbonyl (C=O) groups is 1. The van der Waals surface area contributed by atoms with Gasteiger partial charge < -0.3 is 10.4 Å². The summed E-state index contributed by atoms with van der Waals surface area (Å²) >= 11 is 0. The molecule has 3 atom stereocenters. The number of amides is 1. The summed E-state index contributed by atoms with van der Waals surface area (Å²) in [6.45, 7) is 7.43. The van der Waals surface area contributed by atoms with Crippen LogP contribution in [0.1, 0.15) is 34.1 Å². The lowest BCUT2D eigenvalue weighted by Gasteiger charge is -2.29. The molecule has 1 aliphatic rings. The van der Waals surface area contributed by atoms with Crippen LogP contribution in [0.3, 0.4) is 0 Å². The van der Waals surface area contributed by atoms with Crippen molar-refractivity contribution in [2.45, 2.75) is 45.8 Å². The average molecular weight is 185 g/mol. The van der Waals surface area contributed by atoms with Crippen LogP contribution in [0.5, 0.6) is 0 Å². The van der Waals surface area contributed by atoms with Crippen LogP contribution in [0.4, 0.5) is 0 Å². The van der Waals surface area contributed by atoms with Crippen molar-refractivity contribution in [1.29, 1.82) is 0 Å². The normalized spacial score (nSPS) is 29.6. The Balaban J connectivity index is 2.44. The van der Waals surface area contributed by atoms with E-state index >= 15 is 0 Å². The molecule has 1 fully saturated rings. The molecule has 13 heavy (non-hydrogen) atoms. The monoisotopic (exact) mass is 185 g/mol. The van der Waals surface area contributed by atoms with Crippen molar-refractivity contribution in [2.24, 2.45) is 11.8 Å². The molecule has 76 valence electrons. The highest BCUT2D eigenvalue weighted by Gasteiger charge is 2.41. The van der Waals surface area contributed by atoms with Crippen LogP contribution in [0.25, 0.3) is 0 Å². The van der Waals surface area contributed by atoms with Gasteiger partial charge in [0.2, 0.25) is 5.91 Å². The van der Waals surface area contributed by atoms with Gasteiger partial charge in [0.25, 0.3) is 0 Å². The second-order valence-electron chi connectivity index (χ2n) is 4.71. The minimum atomic E-state index is -0.523. The molecular weight excluding hydrogens is 166 g/mol. The van der Waals surface area contributed by atoms with E-state index in [9.17, 15) is 9.90 Å². The molecule has 0 spiro atoms. The molecule has 0 saturated heterocycles. The third-order valence-electron chi connectivity index (χ3n) is 2.94. The molecule has 3 nitrogen and oxygen atoms in total. The standard InChI is InChI=1S/C10H19NO2/c1-6-5-8(6)9(13)11-10(3,4)7(2)12/h6-8,12H,5H2,1-4H3,(H,11,13).